The summed E-state index contributed by atoms with van der Waals surface area (Å²) >= 11 is 5.83. The topological polar surface area (TPSA) is 20.3 Å². The maximum Gasteiger partial charge on any atom is 0.226 e. The minimum absolute atomic E-state index is 0.120. The quantitative estimate of drug-likeness (QED) is 0.753. The highest BCUT2D eigenvalue weighted by molar-refractivity contribution is 6.30. The molecule has 1 aromatic carbocycles. The summed E-state index contributed by atoms with van der Waals surface area (Å²) in [7, 11) is 1.77. The number of anilines is 1. The van der Waals surface area contributed by atoms with E-state index in [-0.39, 0.29) is 5.91 Å². The van der Waals surface area contributed by atoms with E-state index in [9.17, 15) is 4.79 Å². The third kappa shape index (κ3) is 2.74. The molecule has 3 heteroatoms. The monoisotopic (exact) mass is 211 g/mol. The Hall–Kier alpha value is -1.02. The summed E-state index contributed by atoms with van der Waals surface area (Å²) < 4.78 is 0. The summed E-state index contributed by atoms with van der Waals surface area (Å²) in [5, 5.41) is 0.652. The Morgan fingerprint density at radius 1 is 1.50 bits per heavy atom. The molecular weight excluding hydrogens is 198 g/mol. The number of halogens is 1. The van der Waals surface area contributed by atoms with Gasteiger partial charge in [0.1, 0.15) is 0 Å². The fourth-order valence-corrected chi connectivity index (χ4v) is 1.39. The van der Waals surface area contributed by atoms with Crippen molar-refractivity contribution in [1.82, 2.24) is 0 Å². The lowest BCUT2D eigenvalue weighted by molar-refractivity contribution is -0.118. The summed E-state index contributed by atoms with van der Waals surface area (Å²) in [5.41, 5.74) is 0.843. The van der Waals surface area contributed by atoms with E-state index in [0.717, 1.165) is 12.1 Å². The number of nitrogens with zero attached hydrogens (tertiary/aromatic N) is 1. The molecule has 0 aliphatic heterocycles. The Bertz CT molecular complexity index is 325. The van der Waals surface area contributed by atoms with Crippen LogP contribution in [0.1, 0.15) is 19.8 Å². The summed E-state index contributed by atoms with van der Waals surface area (Å²) in [6.07, 6.45) is 1.44. The van der Waals surface area contributed by atoms with E-state index in [1.807, 2.05) is 19.1 Å². The first kappa shape index (κ1) is 11.1. The van der Waals surface area contributed by atoms with Crippen LogP contribution in [0.4, 0.5) is 5.69 Å². The second kappa shape index (κ2) is 5.01. The minimum atomic E-state index is 0.120. The van der Waals surface area contributed by atoms with Crippen LogP contribution in [0.25, 0.3) is 0 Å². The summed E-state index contributed by atoms with van der Waals surface area (Å²) in [6, 6.07) is 7.30. The van der Waals surface area contributed by atoms with Crippen LogP contribution < -0.4 is 4.90 Å². The Kier molecular flexibility index (Phi) is 3.96. The highest BCUT2D eigenvalue weighted by Crippen LogP contribution is 2.18. The minimum Gasteiger partial charge on any atom is -0.315 e. The molecule has 0 spiro atoms. The van der Waals surface area contributed by atoms with Crippen LogP contribution in [0.15, 0.2) is 24.3 Å². The van der Waals surface area contributed by atoms with Crippen molar-refractivity contribution in [3.05, 3.63) is 29.3 Å². The molecule has 14 heavy (non-hydrogen) atoms. The number of amides is 1. The van der Waals surface area contributed by atoms with Crippen molar-refractivity contribution in [3.63, 3.8) is 0 Å². The van der Waals surface area contributed by atoms with Gasteiger partial charge in [0.15, 0.2) is 0 Å². The van der Waals surface area contributed by atoms with Crippen molar-refractivity contribution >= 4 is 23.2 Å². The zero-order chi connectivity index (χ0) is 10.6. The van der Waals surface area contributed by atoms with Gasteiger partial charge in [-0.1, -0.05) is 24.6 Å². The summed E-state index contributed by atoms with van der Waals surface area (Å²) in [6.45, 7) is 1.99. The molecule has 1 rings (SSSR count). The third-order valence-electron chi connectivity index (χ3n) is 2.03. The molecule has 0 aromatic heterocycles. The molecule has 2 nitrogen and oxygen atoms in total. The van der Waals surface area contributed by atoms with Gasteiger partial charge in [0, 0.05) is 24.2 Å². The van der Waals surface area contributed by atoms with Crippen LogP contribution in [0.2, 0.25) is 5.02 Å². The summed E-state index contributed by atoms with van der Waals surface area (Å²) in [4.78, 5) is 13.2. The molecule has 0 heterocycles. The van der Waals surface area contributed by atoms with Crippen molar-refractivity contribution < 1.29 is 4.79 Å². The Morgan fingerprint density at radius 2 is 2.21 bits per heavy atom. The molecule has 0 radical (unpaired) electrons. The number of hydrogen-bond donors (Lipinski definition) is 0. The molecule has 0 N–H and O–H groups in total. The first-order valence-corrected chi connectivity index (χ1v) is 5.05. The maximum atomic E-state index is 11.5. The average molecular weight is 212 g/mol. The first-order valence-electron chi connectivity index (χ1n) is 4.67. The number of hydrogen-bond acceptors (Lipinski definition) is 1. The van der Waals surface area contributed by atoms with Gasteiger partial charge in [-0.3, -0.25) is 4.79 Å². The van der Waals surface area contributed by atoms with Crippen LogP contribution in [0.3, 0.4) is 0 Å². The standard InChI is InChI=1S/C11H14ClNO/c1-3-5-11(14)13(2)10-7-4-6-9(12)8-10/h4,6-8H,3,5H2,1-2H3. The number of benzene rings is 1. The van der Waals surface area contributed by atoms with Crippen molar-refractivity contribution in [2.45, 2.75) is 19.8 Å². The molecule has 0 saturated heterocycles. The van der Waals surface area contributed by atoms with E-state index in [1.165, 1.54) is 0 Å². The van der Waals surface area contributed by atoms with E-state index >= 15 is 0 Å². The van der Waals surface area contributed by atoms with Crippen LogP contribution in [0.5, 0.6) is 0 Å². The van der Waals surface area contributed by atoms with Crippen molar-refractivity contribution in [1.29, 1.82) is 0 Å². The first-order chi connectivity index (χ1) is 6.65. The van der Waals surface area contributed by atoms with E-state index in [2.05, 4.69) is 0 Å². The molecule has 1 aromatic rings. The van der Waals surface area contributed by atoms with Gasteiger partial charge in [-0.05, 0) is 24.6 Å². The summed E-state index contributed by atoms with van der Waals surface area (Å²) in [5.74, 6) is 0.120. The SMILES string of the molecule is CCCC(=O)N(C)c1cccc(Cl)c1. The fourth-order valence-electron chi connectivity index (χ4n) is 1.21. The van der Waals surface area contributed by atoms with E-state index < -0.39 is 0 Å². The van der Waals surface area contributed by atoms with E-state index in [4.69, 9.17) is 11.6 Å². The lowest BCUT2D eigenvalue weighted by atomic mass is 10.2. The predicted molar refractivity (Wildman–Crippen MR) is 59.8 cm³/mol. The van der Waals surface area contributed by atoms with Gasteiger partial charge in [0.2, 0.25) is 5.91 Å². The van der Waals surface area contributed by atoms with Gasteiger partial charge in [-0.15, -0.1) is 0 Å². The molecule has 0 aliphatic carbocycles. The lowest BCUT2D eigenvalue weighted by Crippen LogP contribution is -2.25. The second-order valence-corrected chi connectivity index (χ2v) is 3.62. The number of carbonyl (C=O) groups excluding carboxylic acids is 1. The van der Waals surface area contributed by atoms with Crippen LogP contribution in [-0.4, -0.2) is 13.0 Å². The third-order valence-corrected chi connectivity index (χ3v) is 2.27. The van der Waals surface area contributed by atoms with Gasteiger partial charge < -0.3 is 4.90 Å². The van der Waals surface area contributed by atoms with Gasteiger partial charge in [-0.2, -0.15) is 0 Å². The predicted octanol–water partition coefficient (Wildman–Crippen LogP) is 3.10. The van der Waals surface area contributed by atoms with Gasteiger partial charge in [0.05, 0.1) is 0 Å². The molecule has 76 valence electrons. The molecule has 0 saturated carbocycles. The fraction of sp³-hybridized carbons (Fsp3) is 0.364. The largest absolute Gasteiger partial charge is 0.315 e. The highest BCUT2D eigenvalue weighted by atomic mass is 35.5. The second-order valence-electron chi connectivity index (χ2n) is 3.18. The lowest BCUT2D eigenvalue weighted by Gasteiger charge is -2.16. The molecule has 0 atom stereocenters. The Balaban J connectivity index is 2.78. The van der Waals surface area contributed by atoms with E-state index in [0.29, 0.717) is 11.4 Å². The molecule has 0 unspecified atom stereocenters. The van der Waals surface area contributed by atoms with Gasteiger partial charge in [0.25, 0.3) is 0 Å². The zero-order valence-electron chi connectivity index (χ0n) is 8.46. The number of carbonyl (C=O) groups is 1. The van der Waals surface area contributed by atoms with Crippen LogP contribution >= 0.6 is 11.6 Å². The Morgan fingerprint density at radius 3 is 2.79 bits per heavy atom. The van der Waals surface area contributed by atoms with Crippen LogP contribution in [0, 0.1) is 0 Å². The van der Waals surface area contributed by atoms with Gasteiger partial charge in [-0.25, -0.2) is 0 Å². The van der Waals surface area contributed by atoms with Crippen molar-refractivity contribution in [3.8, 4) is 0 Å². The zero-order valence-corrected chi connectivity index (χ0v) is 9.21. The Labute approximate surface area is 89.5 Å². The average Bonchev–Trinajstić information content (AvgIpc) is 2.17. The smallest absolute Gasteiger partial charge is 0.226 e. The highest BCUT2D eigenvalue weighted by Gasteiger charge is 2.09. The van der Waals surface area contributed by atoms with Gasteiger partial charge >= 0.3 is 0 Å². The van der Waals surface area contributed by atoms with Crippen molar-refractivity contribution in [2.24, 2.45) is 0 Å². The molecule has 1 amide bonds. The van der Waals surface area contributed by atoms with Crippen LogP contribution in [-0.2, 0) is 4.79 Å². The molecule has 0 aliphatic rings. The molecular formula is C11H14ClNO. The maximum absolute atomic E-state index is 11.5. The number of rotatable bonds is 3. The van der Waals surface area contributed by atoms with E-state index in [1.54, 1.807) is 24.1 Å². The van der Waals surface area contributed by atoms with Crippen molar-refractivity contribution in [2.75, 3.05) is 11.9 Å². The molecule has 0 fully saturated rings. The normalized spacial score (nSPS) is 9.93. The molecule has 0 bridgehead atoms.